The lowest BCUT2D eigenvalue weighted by atomic mass is 10.2. The molecule has 0 aliphatic rings. The lowest BCUT2D eigenvalue weighted by Gasteiger charge is -2.08. The Bertz CT molecular complexity index is 427. The molecule has 0 radical (unpaired) electrons. The van der Waals surface area contributed by atoms with Gasteiger partial charge in [-0.2, -0.15) is 0 Å². The molecule has 2 heteroatoms. The van der Waals surface area contributed by atoms with E-state index in [-0.39, 0.29) is 0 Å². The van der Waals surface area contributed by atoms with Gasteiger partial charge in [0.25, 0.3) is 0 Å². The van der Waals surface area contributed by atoms with Gasteiger partial charge in [-0.3, -0.25) is 0 Å². The summed E-state index contributed by atoms with van der Waals surface area (Å²) in [5, 5.41) is 1.26. The molecule has 0 fully saturated rings. The first kappa shape index (κ1) is 8.30. The lowest BCUT2D eigenvalue weighted by molar-refractivity contribution is 0.618. The van der Waals surface area contributed by atoms with Gasteiger partial charge in [0.2, 0.25) is 0 Å². The van der Waals surface area contributed by atoms with Crippen LogP contribution in [-0.2, 0) is 0 Å². The van der Waals surface area contributed by atoms with Crippen LogP contribution < -0.4 is 0 Å². The monoisotopic (exact) mass is 174 g/mol. The molecule has 0 aromatic carbocycles. The molecule has 0 bridgehead atoms. The van der Waals surface area contributed by atoms with E-state index in [1.54, 1.807) is 0 Å². The molecule has 0 aliphatic carbocycles. The van der Waals surface area contributed by atoms with Crippen LogP contribution in [0.15, 0.2) is 24.5 Å². The number of aryl methyl sites for hydroxylation is 1. The first-order valence-corrected chi connectivity index (χ1v) is 4.62. The van der Waals surface area contributed by atoms with Gasteiger partial charge >= 0.3 is 0 Å². The van der Waals surface area contributed by atoms with Crippen LogP contribution in [0, 0.1) is 6.92 Å². The predicted molar refractivity (Wildman–Crippen MR) is 54.9 cm³/mol. The Morgan fingerprint density at radius 2 is 2.08 bits per heavy atom. The molecule has 68 valence electrons. The highest BCUT2D eigenvalue weighted by molar-refractivity contribution is 5.79. The van der Waals surface area contributed by atoms with E-state index in [4.69, 9.17) is 0 Å². The van der Waals surface area contributed by atoms with Crippen molar-refractivity contribution in [1.82, 2.24) is 9.55 Å². The van der Waals surface area contributed by atoms with Crippen LogP contribution in [0.2, 0.25) is 0 Å². The fourth-order valence-electron chi connectivity index (χ4n) is 1.61. The van der Waals surface area contributed by atoms with Gasteiger partial charge in [0.05, 0.1) is 0 Å². The number of rotatable bonds is 1. The average molecular weight is 174 g/mol. The van der Waals surface area contributed by atoms with E-state index in [1.807, 2.05) is 12.3 Å². The molecule has 0 unspecified atom stereocenters. The second-order valence-corrected chi connectivity index (χ2v) is 3.68. The molecule has 0 spiro atoms. The topological polar surface area (TPSA) is 17.8 Å². The van der Waals surface area contributed by atoms with Crippen LogP contribution in [0.4, 0.5) is 0 Å². The molecule has 0 aliphatic heterocycles. The zero-order chi connectivity index (χ0) is 9.42. The fraction of sp³-hybridized carbons (Fsp3) is 0.364. The molecule has 0 atom stereocenters. The molecule has 0 saturated heterocycles. The largest absolute Gasteiger partial charge is 0.330 e. The van der Waals surface area contributed by atoms with Crippen molar-refractivity contribution < 1.29 is 0 Å². The van der Waals surface area contributed by atoms with E-state index < -0.39 is 0 Å². The highest BCUT2D eigenvalue weighted by Gasteiger charge is 2.05. The van der Waals surface area contributed by atoms with Crippen molar-refractivity contribution in [2.45, 2.75) is 26.8 Å². The van der Waals surface area contributed by atoms with Gasteiger partial charge in [0, 0.05) is 23.8 Å². The molecule has 13 heavy (non-hydrogen) atoms. The van der Waals surface area contributed by atoms with Gasteiger partial charge in [-0.05, 0) is 38.5 Å². The second-order valence-electron chi connectivity index (χ2n) is 3.68. The SMILES string of the molecule is Cc1ccnc2c1ccn2C(C)C. The highest BCUT2D eigenvalue weighted by Crippen LogP contribution is 2.20. The van der Waals surface area contributed by atoms with Gasteiger partial charge in [-0.15, -0.1) is 0 Å². The Hall–Kier alpha value is -1.31. The summed E-state index contributed by atoms with van der Waals surface area (Å²) in [4.78, 5) is 4.39. The molecule has 2 nitrogen and oxygen atoms in total. The van der Waals surface area contributed by atoms with Crippen molar-refractivity contribution in [2.24, 2.45) is 0 Å². The maximum absolute atomic E-state index is 4.39. The summed E-state index contributed by atoms with van der Waals surface area (Å²) in [6.45, 7) is 6.46. The first-order chi connectivity index (χ1) is 6.20. The Morgan fingerprint density at radius 3 is 2.77 bits per heavy atom. The van der Waals surface area contributed by atoms with E-state index in [1.165, 1.54) is 10.9 Å². The molecule has 2 rings (SSSR count). The molecular formula is C11H14N2. The Balaban J connectivity index is 2.75. The van der Waals surface area contributed by atoms with Crippen molar-refractivity contribution in [3.05, 3.63) is 30.1 Å². The van der Waals surface area contributed by atoms with Crippen molar-refractivity contribution in [3.8, 4) is 0 Å². The van der Waals surface area contributed by atoms with Gasteiger partial charge < -0.3 is 4.57 Å². The van der Waals surface area contributed by atoms with Crippen molar-refractivity contribution in [1.29, 1.82) is 0 Å². The smallest absolute Gasteiger partial charge is 0.140 e. The van der Waals surface area contributed by atoms with Gasteiger partial charge in [0.15, 0.2) is 0 Å². The van der Waals surface area contributed by atoms with Crippen LogP contribution in [-0.4, -0.2) is 9.55 Å². The summed E-state index contributed by atoms with van der Waals surface area (Å²) < 4.78 is 2.20. The predicted octanol–water partition coefficient (Wildman–Crippen LogP) is 2.93. The van der Waals surface area contributed by atoms with Gasteiger partial charge in [0.1, 0.15) is 5.65 Å². The summed E-state index contributed by atoms with van der Waals surface area (Å²) in [7, 11) is 0. The number of aromatic nitrogens is 2. The standard InChI is InChI=1S/C11H14N2/c1-8(2)13-7-5-10-9(3)4-6-12-11(10)13/h4-8H,1-3H3. The fourth-order valence-corrected chi connectivity index (χ4v) is 1.61. The molecule has 2 heterocycles. The van der Waals surface area contributed by atoms with E-state index in [2.05, 4.69) is 42.6 Å². The van der Waals surface area contributed by atoms with E-state index in [9.17, 15) is 0 Å². The highest BCUT2D eigenvalue weighted by atomic mass is 15.0. The van der Waals surface area contributed by atoms with E-state index >= 15 is 0 Å². The molecule has 2 aromatic heterocycles. The summed E-state index contributed by atoms with van der Waals surface area (Å²) in [5.41, 5.74) is 2.39. The maximum Gasteiger partial charge on any atom is 0.140 e. The van der Waals surface area contributed by atoms with Crippen LogP contribution in [0.25, 0.3) is 11.0 Å². The lowest BCUT2D eigenvalue weighted by Crippen LogP contribution is -1.99. The summed E-state index contributed by atoms with van der Waals surface area (Å²) >= 11 is 0. The Labute approximate surface area is 78.2 Å². The van der Waals surface area contributed by atoms with Gasteiger partial charge in [-0.25, -0.2) is 4.98 Å². The number of pyridine rings is 1. The Morgan fingerprint density at radius 1 is 1.31 bits per heavy atom. The second kappa shape index (κ2) is 2.87. The van der Waals surface area contributed by atoms with Crippen LogP contribution in [0.5, 0.6) is 0 Å². The minimum atomic E-state index is 0.479. The first-order valence-electron chi connectivity index (χ1n) is 4.62. The third kappa shape index (κ3) is 1.22. The van der Waals surface area contributed by atoms with Crippen molar-refractivity contribution in [3.63, 3.8) is 0 Å². The van der Waals surface area contributed by atoms with Crippen LogP contribution in [0.1, 0.15) is 25.5 Å². The minimum absolute atomic E-state index is 0.479. The number of hydrogen-bond acceptors (Lipinski definition) is 1. The zero-order valence-electron chi connectivity index (χ0n) is 8.28. The van der Waals surface area contributed by atoms with Crippen LogP contribution >= 0.6 is 0 Å². The number of hydrogen-bond donors (Lipinski definition) is 0. The summed E-state index contributed by atoms with van der Waals surface area (Å²) in [6, 6.07) is 4.66. The maximum atomic E-state index is 4.39. The molecule has 0 N–H and O–H groups in total. The molecule has 0 amide bonds. The van der Waals surface area contributed by atoms with Crippen LogP contribution in [0.3, 0.4) is 0 Å². The third-order valence-corrected chi connectivity index (χ3v) is 2.39. The van der Waals surface area contributed by atoms with Crippen molar-refractivity contribution >= 4 is 11.0 Å². The van der Waals surface area contributed by atoms with E-state index in [0.29, 0.717) is 6.04 Å². The minimum Gasteiger partial charge on any atom is -0.330 e. The van der Waals surface area contributed by atoms with E-state index in [0.717, 1.165) is 5.65 Å². The summed E-state index contributed by atoms with van der Waals surface area (Å²) in [5.74, 6) is 0. The third-order valence-electron chi connectivity index (χ3n) is 2.39. The number of fused-ring (bicyclic) bond motifs is 1. The normalized spacial score (nSPS) is 11.4. The van der Waals surface area contributed by atoms with Crippen molar-refractivity contribution in [2.75, 3.05) is 0 Å². The molecule has 0 saturated carbocycles. The average Bonchev–Trinajstić information content (AvgIpc) is 2.48. The number of nitrogens with zero attached hydrogens (tertiary/aromatic N) is 2. The van der Waals surface area contributed by atoms with Gasteiger partial charge in [-0.1, -0.05) is 0 Å². The summed E-state index contributed by atoms with van der Waals surface area (Å²) in [6.07, 6.45) is 3.98. The quantitative estimate of drug-likeness (QED) is 0.650. The Kier molecular flexibility index (Phi) is 1.83. The molecular weight excluding hydrogens is 160 g/mol. The zero-order valence-corrected chi connectivity index (χ0v) is 8.28. The molecule has 2 aromatic rings.